The van der Waals surface area contributed by atoms with Crippen molar-refractivity contribution < 1.29 is 9.53 Å². The Balaban J connectivity index is 1.76. The molecule has 0 unspecified atom stereocenters. The number of carbonyl (C=O) groups excluding carboxylic acids is 1. The zero-order valence-corrected chi connectivity index (χ0v) is 16.3. The number of hydrogen-bond acceptors (Lipinski definition) is 3. The maximum atomic E-state index is 11.4. The van der Waals surface area contributed by atoms with E-state index < -0.39 is 0 Å². The number of methoxy groups -OCH3 is 1. The minimum Gasteiger partial charge on any atom is -0.469 e. The lowest BCUT2D eigenvalue weighted by Gasteiger charge is -2.09. The highest BCUT2D eigenvalue weighted by molar-refractivity contribution is 5.70. The molecule has 0 aliphatic carbocycles. The second-order valence-corrected chi connectivity index (χ2v) is 6.75. The van der Waals surface area contributed by atoms with Gasteiger partial charge in [0.2, 0.25) is 0 Å². The van der Waals surface area contributed by atoms with E-state index in [1.165, 1.54) is 18.4 Å². The van der Waals surface area contributed by atoms with Crippen LogP contribution in [0.3, 0.4) is 0 Å². The first-order valence-corrected chi connectivity index (χ1v) is 9.47. The summed E-state index contributed by atoms with van der Waals surface area (Å²) in [5.74, 6) is -0.181. The highest BCUT2D eigenvalue weighted by Gasteiger charge is 2.09. The molecule has 142 valence electrons. The van der Waals surface area contributed by atoms with Crippen molar-refractivity contribution in [2.75, 3.05) is 7.11 Å². The van der Waals surface area contributed by atoms with Crippen molar-refractivity contribution in [1.82, 2.24) is 4.57 Å². The Bertz CT molecular complexity index is 994. The molecular weight excluding hydrogens is 348 g/mol. The molecule has 0 bridgehead atoms. The number of ether oxygens (including phenoxy) is 1. The Hall–Kier alpha value is -3.32. The Morgan fingerprint density at radius 3 is 2.54 bits per heavy atom. The van der Waals surface area contributed by atoms with Gasteiger partial charge in [0.15, 0.2) is 0 Å². The van der Waals surface area contributed by atoms with E-state index in [0.717, 1.165) is 29.7 Å². The number of nitriles is 1. The number of nitrogens with zero attached hydrogens (tertiary/aromatic N) is 2. The molecule has 0 radical (unpaired) electrons. The fourth-order valence-electron chi connectivity index (χ4n) is 3.37. The molecule has 0 atom stereocenters. The minimum absolute atomic E-state index is 0.181. The van der Waals surface area contributed by atoms with Gasteiger partial charge in [-0.25, -0.2) is 0 Å². The number of aryl methyl sites for hydroxylation is 2. The molecule has 1 heterocycles. The van der Waals surface area contributed by atoms with E-state index in [0.29, 0.717) is 18.4 Å². The summed E-state index contributed by atoms with van der Waals surface area (Å²) in [5.41, 5.74) is 6.28. The van der Waals surface area contributed by atoms with Gasteiger partial charge in [0, 0.05) is 24.9 Å². The number of benzene rings is 2. The van der Waals surface area contributed by atoms with E-state index in [9.17, 15) is 10.1 Å². The van der Waals surface area contributed by atoms with E-state index >= 15 is 0 Å². The molecule has 3 aromatic rings. The number of esters is 1. The second kappa shape index (κ2) is 9.05. The lowest BCUT2D eigenvalue weighted by Crippen LogP contribution is -2.02. The van der Waals surface area contributed by atoms with Crippen molar-refractivity contribution in [2.24, 2.45) is 0 Å². The largest absolute Gasteiger partial charge is 0.469 e. The molecule has 0 N–H and O–H groups in total. The fraction of sp³-hybridized carbons (Fsp3) is 0.250. The number of carbonyl (C=O) groups is 1. The van der Waals surface area contributed by atoms with E-state index in [4.69, 9.17) is 4.74 Å². The quantitative estimate of drug-likeness (QED) is 0.563. The van der Waals surface area contributed by atoms with Gasteiger partial charge in [-0.2, -0.15) is 5.26 Å². The first-order chi connectivity index (χ1) is 13.6. The lowest BCUT2D eigenvalue weighted by atomic mass is 9.99. The predicted molar refractivity (Wildman–Crippen MR) is 110 cm³/mol. The van der Waals surface area contributed by atoms with Gasteiger partial charge in [0.1, 0.15) is 0 Å². The molecule has 0 spiro atoms. The van der Waals surface area contributed by atoms with Gasteiger partial charge in [0.05, 0.1) is 18.7 Å². The van der Waals surface area contributed by atoms with Crippen molar-refractivity contribution in [3.8, 4) is 17.2 Å². The van der Waals surface area contributed by atoms with Crippen molar-refractivity contribution in [1.29, 1.82) is 5.26 Å². The van der Waals surface area contributed by atoms with Gasteiger partial charge >= 0.3 is 5.97 Å². The van der Waals surface area contributed by atoms with Crippen LogP contribution in [0.4, 0.5) is 0 Å². The van der Waals surface area contributed by atoms with Gasteiger partial charge in [-0.1, -0.05) is 49.4 Å². The number of aromatic nitrogens is 1. The highest BCUT2D eigenvalue weighted by Crippen LogP contribution is 2.24. The summed E-state index contributed by atoms with van der Waals surface area (Å²) in [7, 11) is 1.42. The summed E-state index contributed by atoms with van der Waals surface area (Å²) in [6.07, 6.45) is 4.15. The Labute approximate surface area is 166 Å². The van der Waals surface area contributed by atoms with Crippen LogP contribution < -0.4 is 0 Å². The Morgan fingerprint density at radius 1 is 1.11 bits per heavy atom. The molecule has 1 aromatic heterocycles. The summed E-state index contributed by atoms with van der Waals surface area (Å²) in [5, 5.41) is 9.30. The van der Waals surface area contributed by atoms with Gasteiger partial charge in [-0.3, -0.25) is 4.79 Å². The first-order valence-electron chi connectivity index (χ1n) is 9.47. The summed E-state index contributed by atoms with van der Waals surface area (Å²) < 4.78 is 6.97. The molecule has 28 heavy (non-hydrogen) atoms. The van der Waals surface area contributed by atoms with Crippen LogP contribution in [0.5, 0.6) is 0 Å². The first kappa shape index (κ1) is 19.4. The van der Waals surface area contributed by atoms with Gasteiger partial charge in [0.25, 0.3) is 0 Å². The molecular formula is C24H24N2O2. The average Bonchev–Trinajstić information content (AvgIpc) is 3.14. The van der Waals surface area contributed by atoms with Crippen molar-refractivity contribution in [3.05, 3.63) is 83.2 Å². The monoisotopic (exact) mass is 372 g/mol. The predicted octanol–water partition coefficient (Wildman–Crippen LogP) is 4.74. The minimum atomic E-state index is -0.181. The van der Waals surface area contributed by atoms with E-state index in [-0.39, 0.29) is 5.97 Å². The van der Waals surface area contributed by atoms with Crippen molar-refractivity contribution in [2.45, 2.75) is 32.7 Å². The van der Waals surface area contributed by atoms with Crippen LogP contribution in [-0.4, -0.2) is 17.6 Å². The smallest absolute Gasteiger partial charge is 0.305 e. The highest BCUT2D eigenvalue weighted by atomic mass is 16.5. The topological polar surface area (TPSA) is 55.0 Å². The van der Waals surface area contributed by atoms with Crippen LogP contribution in [0.25, 0.3) is 11.1 Å². The van der Waals surface area contributed by atoms with E-state index in [2.05, 4.69) is 54.1 Å². The maximum Gasteiger partial charge on any atom is 0.305 e. The van der Waals surface area contributed by atoms with Crippen LogP contribution in [0, 0.1) is 11.3 Å². The van der Waals surface area contributed by atoms with Gasteiger partial charge < -0.3 is 9.30 Å². The normalized spacial score (nSPS) is 10.5. The van der Waals surface area contributed by atoms with Crippen LogP contribution in [0.2, 0.25) is 0 Å². The third-order valence-electron chi connectivity index (χ3n) is 4.92. The van der Waals surface area contributed by atoms with E-state index in [1.54, 1.807) is 0 Å². The molecule has 0 saturated carbocycles. The fourth-order valence-corrected chi connectivity index (χ4v) is 3.37. The maximum absolute atomic E-state index is 11.4. The molecule has 3 rings (SSSR count). The molecule has 0 aliphatic heterocycles. The number of hydrogen-bond donors (Lipinski definition) is 0. The molecule has 4 nitrogen and oxygen atoms in total. The third-order valence-corrected chi connectivity index (χ3v) is 4.92. The van der Waals surface area contributed by atoms with Crippen LogP contribution >= 0.6 is 0 Å². The SMILES string of the molecule is CCc1cc(CCC(=O)OC)cn1Cc1ccc(-c2ccccc2C#N)cc1. The lowest BCUT2D eigenvalue weighted by molar-refractivity contribution is -0.140. The average molecular weight is 372 g/mol. The molecule has 0 aliphatic rings. The van der Waals surface area contributed by atoms with Crippen molar-refractivity contribution in [3.63, 3.8) is 0 Å². The second-order valence-electron chi connectivity index (χ2n) is 6.75. The molecule has 4 heteroatoms. The standard InChI is InChI=1S/C24H24N2O2/c1-3-22-14-19(10-13-24(27)28-2)17-26(22)16-18-8-11-20(12-9-18)23-7-5-4-6-21(23)15-25/h4-9,11-12,14,17H,3,10,13,16H2,1-2H3. The summed E-state index contributed by atoms with van der Waals surface area (Å²) >= 11 is 0. The third kappa shape index (κ3) is 4.50. The van der Waals surface area contributed by atoms with Gasteiger partial charge in [-0.15, -0.1) is 0 Å². The molecule has 0 amide bonds. The molecule has 0 fully saturated rings. The Morgan fingerprint density at radius 2 is 1.86 bits per heavy atom. The van der Waals surface area contributed by atoms with Crippen LogP contribution in [-0.2, 0) is 28.9 Å². The van der Waals surface area contributed by atoms with Crippen LogP contribution in [0.15, 0.2) is 60.8 Å². The van der Waals surface area contributed by atoms with E-state index in [1.807, 2.05) is 24.3 Å². The summed E-state index contributed by atoms with van der Waals surface area (Å²) in [4.78, 5) is 11.4. The summed E-state index contributed by atoms with van der Waals surface area (Å²) in [6, 6.07) is 20.4. The van der Waals surface area contributed by atoms with Crippen molar-refractivity contribution >= 4 is 5.97 Å². The summed E-state index contributed by atoms with van der Waals surface area (Å²) in [6.45, 7) is 2.92. The zero-order valence-electron chi connectivity index (χ0n) is 16.3. The molecule has 2 aromatic carbocycles. The van der Waals surface area contributed by atoms with Crippen LogP contribution in [0.1, 0.15) is 35.7 Å². The Kier molecular flexibility index (Phi) is 6.29. The molecule has 0 saturated heterocycles. The zero-order chi connectivity index (χ0) is 19.9. The van der Waals surface area contributed by atoms with Gasteiger partial charge in [-0.05, 0) is 47.2 Å². The number of rotatable bonds is 7.